The molecule has 0 saturated carbocycles. The van der Waals surface area contributed by atoms with Crippen LogP contribution in [0.1, 0.15) is 37.5 Å². The predicted octanol–water partition coefficient (Wildman–Crippen LogP) is 2.23. The van der Waals surface area contributed by atoms with Gasteiger partial charge >= 0.3 is 6.03 Å². The molecule has 24 heavy (non-hydrogen) atoms. The Morgan fingerprint density at radius 3 is 2.71 bits per heavy atom. The fourth-order valence-electron chi connectivity index (χ4n) is 2.44. The summed E-state index contributed by atoms with van der Waals surface area (Å²) in [5.74, 6) is 1.60. The normalized spacial score (nSPS) is 11.4. The molecule has 2 aromatic rings. The summed E-state index contributed by atoms with van der Waals surface area (Å²) in [6, 6.07) is 7.33. The van der Waals surface area contributed by atoms with E-state index in [9.17, 15) is 4.79 Å². The molecule has 7 nitrogen and oxygen atoms in total. The molecule has 0 bridgehead atoms. The maximum absolute atomic E-state index is 12.1. The van der Waals surface area contributed by atoms with Crippen LogP contribution in [-0.4, -0.2) is 38.0 Å². The Balaban J connectivity index is 2.02. The van der Waals surface area contributed by atoms with E-state index < -0.39 is 5.54 Å². The van der Waals surface area contributed by atoms with Crippen LogP contribution >= 0.6 is 0 Å². The molecule has 2 rings (SSSR count). The number of anilines is 1. The van der Waals surface area contributed by atoms with Gasteiger partial charge in [0.05, 0.1) is 6.54 Å². The molecule has 1 aromatic heterocycles. The van der Waals surface area contributed by atoms with Crippen molar-refractivity contribution in [1.82, 2.24) is 20.1 Å². The lowest BCUT2D eigenvalue weighted by Gasteiger charge is -2.25. The van der Waals surface area contributed by atoms with Crippen LogP contribution in [-0.2, 0) is 6.54 Å². The van der Waals surface area contributed by atoms with Crippen molar-refractivity contribution in [2.24, 2.45) is 0 Å². The molecule has 1 heterocycles. The maximum Gasteiger partial charge on any atom is 0.319 e. The van der Waals surface area contributed by atoms with Crippen LogP contribution in [0.15, 0.2) is 24.3 Å². The minimum Gasteiger partial charge on any atom is -0.396 e. The van der Waals surface area contributed by atoms with E-state index in [1.54, 1.807) is 0 Å². The zero-order valence-electron chi connectivity index (χ0n) is 14.6. The smallest absolute Gasteiger partial charge is 0.319 e. The molecule has 0 aliphatic heterocycles. The van der Waals surface area contributed by atoms with Crippen molar-refractivity contribution < 1.29 is 9.90 Å². The van der Waals surface area contributed by atoms with Crippen LogP contribution < -0.4 is 10.6 Å². The summed E-state index contributed by atoms with van der Waals surface area (Å²) in [6.07, 6.45) is 0.491. The Morgan fingerprint density at radius 1 is 1.33 bits per heavy atom. The highest BCUT2D eigenvalue weighted by Gasteiger charge is 2.19. The Kier molecular flexibility index (Phi) is 5.56. The van der Waals surface area contributed by atoms with Gasteiger partial charge in [-0.1, -0.05) is 12.1 Å². The highest BCUT2D eigenvalue weighted by atomic mass is 16.3. The minimum atomic E-state index is -0.466. The number of carbonyl (C=O) groups is 1. The fourth-order valence-corrected chi connectivity index (χ4v) is 2.44. The van der Waals surface area contributed by atoms with E-state index in [2.05, 4.69) is 20.7 Å². The molecule has 0 unspecified atom stereocenters. The molecular formula is C17H25N5O2. The van der Waals surface area contributed by atoms with Gasteiger partial charge in [-0.15, -0.1) is 0 Å². The van der Waals surface area contributed by atoms with Crippen LogP contribution in [0.4, 0.5) is 10.5 Å². The Morgan fingerprint density at radius 2 is 2.08 bits per heavy atom. The predicted molar refractivity (Wildman–Crippen MR) is 93.0 cm³/mol. The summed E-state index contributed by atoms with van der Waals surface area (Å²) in [7, 11) is 0. The van der Waals surface area contributed by atoms with Crippen molar-refractivity contribution in [1.29, 1.82) is 0 Å². The van der Waals surface area contributed by atoms with Crippen molar-refractivity contribution in [2.45, 2.75) is 46.2 Å². The fraction of sp³-hybridized carbons (Fsp3) is 0.471. The van der Waals surface area contributed by atoms with E-state index in [1.807, 2.05) is 56.6 Å². The number of aryl methyl sites for hydroxylation is 2. The number of carbonyl (C=O) groups excluding carboxylic acids is 1. The Labute approximate surface area is 142 Å². The number of benzene rings is 1. The lowest BCUT2D eigenvalue weighted by atomic mass is 10.0. The van der Waals surface area contributed by atoms with Crippen LogP contribution in [0.25, 0.3) is 0 Å². The maximum atomic E-state index is 12.1. The Bertz CT molecular complexity index is 709. The third kappa shape index (κ3) is 5.06. The molecule has 0 saturated heterocycles. The summed E-state index contributed by atoms with van der Waals surface area (Å²) in [4.78, 5) is 16.4. The molecule has 7 heteroatoms. The lowest BCUT2D eigenvalue weighted by Crippen LogP contribution is -2.46. The number of nitrogens with zero attached hydrogens (tertiary/aromatic N) is 3. The second-order valence-electron chi connectivity index (χ2n) is 6.50. The van der Waals surface area contributed by atoms with Gasteiger partial charge in [-0.3, -0.25) is 0 Å². The molecule has 0 spiro atoms. The van der Waals surface area contributed by atoms with Gasteiger partial charge in [0.25, 0.3) is 0 Å². The number of nitrogens with one attached hydrogen (secondary N) is 2. The molecule has 3 N–H and O–H groups in total. The van der Waals surface area contributed by atoms with E-state index in [1.165, 1.54) is 0 Å². The average Bonchev–Trinajstić information content (AvgIpc) is 2.76. The van der Waals surface area contributed by atoms with Gasteiger partial charge in [0.1, 0.15) is 11.6 Å². The third-order valence-electron chi connectivity index (χ3n) is 3.67. The zero-order valence-corrected chi connectivity index (χ0v) is 14.6. The number of aliphatic hydroxyl groups is 1. The van der Waals surface area contributed by atoms with E-state index in [-0.39, 0.29) is 12.6 Å². The van der Waals surface area contributed by atoms with Crippen LogP contribution in [0.5, 0.6) is 0 Å². The molecular weight excluding hydrogens is 306 g/mol. The van der Waals surface area contributed by atoms with Crippen LogP contribution in [0.3, 0.4) is 0 Å². The average molecular weight is 331 g/mol. The molecule has 0 atom stereocenters. The number of urea groups is 1. The van der Waals surface area contributed by atoms with E-state index in [4.69, 9.17) is 5.11 Å². The first-order valence-corrected chi connectivity index (χ1v) is 7.96. The van der Waals surface area contributed by atoms with Crippen LogP contribution in [0.2, 0.25) is 0 Å². The van der Waals surface area contributed by atoms with Crippen molar-refractivity contribution in [3.05, 3.63) is 41.5 Å². The summed E-state index contributed by atoms with van der Waals surface area (Å²) in [5, 5.41) is 19.0. The molecule has 0 aliphatic carbocycles. The van der Waals surface area contributed by atoms with Crippen molar-refractivity contribution >= 4 is 11.7 Å². The number of aliphatic hydroxyl groups excluding tert-OH is 1. The topological polar surface area (TPSA) is 92.1 Å². The zero-order chi connectivity index (χ0) is 17.7. The van der Waals surface area contributed by atoms with Crippen LogP contribution in [0, 0.1) is 13.8 Å². The standard InChI is InChI=1S/C17H25N5O2/c1-12-18-13(2)22(21-12)11-14-6-5-7-15(10-14)19-16(24)20-17(3,4)8-9-23/h5-7,10,23H,8-9,11H2,1-4H3,(H2,19,20,24). The molecule has 130 valence electrons. The van der Waals surface area contributed by atoms with E-state index in [0.717, 1.165) is 17.2 Å². The first-order valence-electron chi connectivity index (χ1n) is 7.96. The number of hydrogen-bond acceptors (Lipinski definition) is 4. The number of rotatable bonds is 6. The van der Waals surface area contributed by atoms with Gasteiger partial charge in [-0.2, -0.15) is 5.10 Å². The van der Waals surface area contributed by atoms with Gasteiger partial charge in [-0.25, -0.2) is 14.5 Å². The molecule has 0 aliphatic rings. The van der Waals surface area contributed by atoms with Gasteiger partial charge in [-0.05, 0) is 51.8 Å². The number of amides is 2. The highest BCUT2D eigenvalue weighted by molar-refractivity contribution is 5.89. The first kappa shape index (κ1) is 17.9. The quantitative estimate of drug-likeness (QED) is 0.757. The van der Waals surface area contributed by atoms with E-state index >= 15 is 0 Å². The number of hydrogen-bond donors (Lipinski definition) is 3. The third-order valence-corrected chi connectivity index (χ3v) is 3.67. The monoisotopic (exact) mass is 331 g/mol. The van der Waals surface area contributed by atoms with Crippen molar-refractivity contribution in [3.8, 4) is 0 Å². The summed E-state index contributed by atoms with van der Waals surface area (Å²) in [5.41, 5.74) is 1.26. The van der Waals surface area contributed by atoms with Gasteiger partial charge in [0.2, 0.25) is 0 Å². The van der Waals surface area contributed by atoms with Gasteiger partial charge < -0.3 is 15.7 Å². The summed E-state index contributed by atoms with van der Waals surface area (Å²) in [6.45, 7) is 8.14. The number of aromatic nitrogens is 3. The molecule has 0 fully saturated rings. The minimum absolute atomic E-state index is 0.0272. The second kappa shape index (κ2) is 7.44. The van der Waals surface area contributed by atoms with Crippen molar-refractivity contribution in [3.63, 3.8) is 0 Å². The molecule has 2 amide bonds. The summed E-state index contributed by atoms with van der Waals surface area (Å²) >= 11 is 0. The molecule has 0 radical (unpaired) electrons. The van der Waals surface area contributed by atoms with E-state index in [0.29, 0.717) is 18.7 Å². The van der Waals surface area contributed by atoms with Gasteiger partial charge in [0, 0.05) is 17.8 Å². The molecule has 1 aromatic carbocycles. The first-order chi connectivity index (χ1) is 11.3. The second-order valence-corrected chi connectivity index (χ2v) is 6.50. The summed E-state index contributed by atoms with van der Waals surface area (Å²) < 4.78 is 1.83. The highest BCUT2D eigenvalue weighted by Crippen LogP contribution is 2.14. The largest absolute Gasteiger partial charge is 0.396 e. The Hall–Kier alpha value is -2.41. The van der Waals surface area contributed by atoms with Gasteiger partial charge in [0.15, 0.2) is 0 Å². The lowest BCUT2D eigenvalue weighted by molar-refractivity contribution is 0.218. The SMILES string of the molecule is Cc1nc(C)n(Cc2cccc(NC(=O)NC(C)(C)CCO)c2)n1. The van der Waals surface area contributed by atoms with Crippen molar-refractivity contribution in [2.75, 3.05) is 11.9 Å².